The van der Waals surface area contributed by atoms with E-state index >= 15 is 0 Å². The van der Waals surface area contributed by atoms with Crippen LogP contribution in [0.1, 0.15) is 38.2 Å². The summed E-state index contributed by atoms with van der Waals surface area (Å²) in [4.78, 5) is 21.5. The zero-order valence-corrected chi connectivity index (χ0v) is 18.9. The average molecular weight is 430 g/mol. The fourth-order valence-electron chi connectivity index (χ4n) is 4.32. The lowest BCUT2D eigenvalue weighted by Gasteiger charge is -2.29. The molecule has 2 aliphatic rings. The van der Waals surface area contributed by atoms with Gasteiger partial charge >= 0.3 is 0 Å². The first-order valence-electron chi connectivity index (χ1n) is 11.9. The number of amides is 1. The average Bonchev–Trinajstić information content (AvgIpc) is 3.15. The quantitative estimate of drug-likeness (QED) is 0.298. The summed E-state index contributed by atoms with van der Waals surface area (Å²) >= 11 is 0. The van der Waals surface area contributed by atoms with Crippen molar-refractivity contribution in [2.24, 2.45) is 10.9 Å². The molecule has 7 nitrogen and oxygen atoms in total. The third-order valence-corrected chi connectivity index (χ3v) is 6.16. The van der Waals surface area contributed by atoms with E-state index in [9.17, 15) is 9.90 Å². The number of nitrogens with one attached hydrogen (secondary N) is 2. The van der Waals surface area contributed by atoms with Gasteiger partial charge in [0.15, 0.2) is 5.96 Å². The summed E-state index contributed by atoms with van der Waals surface area (Å²) in [6.07, 6.45) is 4.22. The predicted octanol–water partition coefficient (Wildman–Crippen LogP) is 1.48. The fourth-order valence-corrected chi connectivity index (χ4v) is 4.32. The van der Waals surface area contributed by atoms with Crippen LogP contribution in [-0.2, 0) is 11.2 Å². The molecule has 0 aromatic heterocycles. The molecular formula is C24H39N5O2. The van der Waals surface area contributed by atoms with Crippen LogP contribution in [0.15, 0.2) is 35.3 Å². The number of likely N-dealkylation sites (tertiary alicyclic amines) is 2. The number of benzene rings is 1. The molecule has 31 heavy (non-hydrogen) atoms. The highest BCUT2D eigenvalue weighted by molar-refractivity contribution is 5.80. The summed E-state index contributed by atoms with van der Waals surface area (Å²) in [7, 11) is 0. The summed E-state index contributed by atoms with van der Waals surface area (Å²) in [6.45, 7) is 9.06. The van der Waals surface area contributed by atoms with E-state index in [0.717, 1.165) is 77.5 Å². The molecule has 2 aliphatic heterocycles. The normalized spacial score (nSPS) is 21.0. The van der Waals surface area contributed by atoms with Gasteiger partial charge in [-0.25, -0.2) is 0 Å². The maximum absolute atomic E-state index is 12.4. The lowest BCUT2D eigenvalue weighted by atomic mass is 10.1. The van der Waals surface area contributed by atoms with E-state index in [4.69, 9.17) is 4.99 Å². The molecule has 2 fully saturated rings. The minimum Gasteiger partial charge on any atom is -0.393 e. The van der Waals surface area contributed by atoms with Crippen molar-refractivity contribution in [2.45, 2.75) is 45.1 Å². The molecular weight excluding hydrogens is 390 g/mol. The summed E-state index contributed by atoms with van der Waals surface area (Å²) in [5.41, 5.74) is 1.27. The largest absolute Gasteiger partial charge is 0.393 e. The number of carbonyl (C=O) groups is 1. The van der Waals surface area contributed by atoms with Crippen LogP contribution in [-0.4, -0.2) is 85.2 Å². The third kappa shape index (κ3) is 8.15. The van der Waals surface area contributed by atoms with Crippen LogP contribution in [0.5, 0.6) is 0 Å². The summed E-state index contributed by atoms with van der Waals surface area (Å²) < 4.78 is 0. The van der Waals surface area contributed by atoms with Crippen molar-refractivity contribution in [3.8, 4) is 0 Å². The van der Waals surface area contributed by atoms with Gasteiger partial charge in [0.25, 0.3) is 0 Å². The van der Waals surface area contributed by atoms with Gasteiger partial charge in [-0.1, -0.05) is 30.3 Å². The second-order valence-corrected chi connectivity index (χ2v) is 8.72. The van der Waals surface area contributed by atoms with Gasteiger partial charge in [0.2, 0.25) is 5.91 Å². The summed E-state index contributed by atoms with van der Waals surface area (Å²) in [5, 5.41) is 16.3. The van der Waals surface area contributed by atoms with Crippen LogP contribution in [0.2, 0.25) is 0 Å². The first-order chi connectivity index (χ1) is 15.1. The van der Waals surface area contributed by atoms with Gasteiger partial charge in [-0.2, -0.15) is 0 Å². The van der Waals surface area contributed by atoms with Gasteiger partial charge in [-0.05, 0) is 44.7 Å². The Morgan fingerprint density at radius 1 is 1.16 bits per heavy atom. The smallest absolute Gasteiger partial charge is 0.223 e. The lowest BCUT2D eigenvalue weighted by molar-refractivity contribution is -0.127. The SMILES string of the molecule is CCNC(=NCC1CC(=O)N(CCc2ccccc2)C1)NCCCN1CCC(O)CC1. The minimum absolute atomic E-state index is 0.112. The molecule has 1 amide bonds. The first-order valence-corrected chi connectivity index (χ1v) is 11.9. The molecule has 1 aromatic rings. The first kappa shape index (κ1) is 23.5. The third-order valence-electron chi connectivity index (χ3n) is 6.16. The monoisotopic (exact) mass is 429 g/mol. The number of carbonyl (C=O) groups excluding carboxylic acids is 1. The van der Waals surface area contributed by atoms with Crippen LogP contribution in [0.4, 0.5) is 0 Å². The molecule has 172 valence electrons. The Labute approximate surface area is 186 Å². The lowest BCUT2D eigenvalue weighted by Crippen LogP contribution is -2.40. The van der Waals surface area contributed by atoms with Gasteiger partial charge in [0, 0.05) is 58.2 Å². The van der Waals surface area contributed by atoms with Gasteiger partial charge in [0.1, 0.15) is 0 Å². The number of aliphatic imine (C=N–C) groups is 1. The molecule has 2 saturated heterocycles. The molecule has 0 spiro atoms. The van der Waals surface area contributed by atoms with Gasteiger partial charge in [-0.15, -0.1) is 0 Å². The molecule has 3 N–H and O–H groups in total. The van der Waals surface area contributed by atoms with Crippen LogP contribution < -0.4 is 10.6 Å². The molecule has 1 atom stereocenters. The number of nitrogens with zero attached hydrogens (tertiary/aromatic N) is 3. The van der Waals surface area contributed by atoms with E-state index in [1.807, 2.05) is 23.1 Å². The van der Waals surface area contributed by atoms with Crippen molar-refractivity contribution < 1.29 is 9.90 Å². The van der Waals surface area contributed by atoms with Crippen molar-refractivity contribution in [3.63, 3.8) is 0 Å². The Bertz CT molecular complexity index is 688. The molecule has 0 aliphatic carbocycles. The number of hydrogen-bond acceptors (Lipinski definition) is 4. The second-order valence-electron chi connectivity index (χ2n) is 8.72. The van der Waals surface area contributed by atoms with Crippen molar-refractivity contribution in [3.05, 3.63) is 35.9 Å². The Balaban J connectivity index is 1.36. The number of aliphatic hydroxyl groups excluding tert-OH is 1. The van der Waals surface area contributed by atoms with E-state index in [2.05, 4.69) is 34.6 Å². The highest BCUT2D eigenvalue weighted by atomic mass is 16.3. The van der Waals surface area contributed by atoms with Crippen molar-refractivity contribution in [2.75, 3.05) is 52.4 Å². The zero-order valence-electron chi connectivity index (χ0n) is 18.9. The maximum atomic E-state index is 12.4. The fraction of sp³-hybridized carbons (Fsp3) is 0.667. The van der Waals surface area contributed by atoms with Crippen molar-refractivity contribution in [1.29, 1.82) is 0 Å². The van der Waals surface area contributed by atoms with Gasteiger partial charge in [-0.3, -0.25) is 9.79 Å². The van der Waals surface area contributed by atoms with E-state index in [-0.39, 0.29) is 12.0 Å². The second kappa shape index (κ2) is 12.7. The Morgan fingerprint density at radius 3 is 2.68 bits per heavy atom. The number of rotatable bonds is 10. The Morgan fingerprint density at radius 2 is 1.94 bits per heavy atom. The minimum atomic E-state index is -0.112. The zero-order chi connectivity index (χ0) is 21.9. The highest BCUT2D eigenvalue weighted by Crippen LogP contribution is 2.18. The number of piperidine rings is 1. The standard InChI is InChI=1S/C24H39N5O2/c1-2-25-24(26-12-6-13-28-14-10-22(30)11-15-28)27-18-21-17-23(31)29(19-21)16-9-20-7-4-3-5-8-20/h3-5,7-8,21-22,30H,2,6,9-19H2,1H3,(H2,25,26,27). The number of aliphatic hydroxyl groups is 1. The molecule has 0 saturated carbocycles. The molecule has 3 rings (SSSR count). The van der Waals surface area contributed by atoms with Gasteiger partial charge < -0.3 is 25.5 Å². The van der Waals surface area contributed by atoms with Crippen LogP contribution in [0, 0.1) is 5.92 Å². The summed E-state index contributed by atoms with van der Waals surface area (Å²) in [5.74, 6) is 1.38. The van der Waals surface area contributed by atoms with E-state index in [1.165, 1.54) is 5.56 Å². The number of guanidine groups is 1. The van der Waals surface area contributed by atoms with Crippen LogP contribution in [0.3, 0.4) is 0 Å². The number of hydrogen-bond donors (Lipinski definition) is 3. The van der Waals surface area contributed by atoms with Crippen molar-refractivity contribution >= 4 is 11.9 Å². The molecule has 0 bridgehead atoms. The van der Waals surface area contributed by atoms with Crippen molar-refractivity contribution in [1.82, 2.24) is 20.4 Å². The van der Waals surface area contributed by atoms with E-state index in [0.29, 0.717) is 18.9 Å². The van der Waals surface area contributed by atoms with Gasteiger partial charge in [0.05, 0.1) is 6.10 Å². The van der Waals surface area contributed by atoms with E-state index in [1.54, 1.807) is 0 Å². The van der Waals surface area contributed by atoms with Crippen LogP contribution >= 0.6 is 0 Å². The molecule has 0 radical (unpaired) electrons. The Kier molecular flexibility index (Phi) is 9.62. The van der Waals surface area contributed by atoms with E-state index < -0.39 is 0 Å². The molecule has 7 heteroatoms. The van der Waals surface area contributed by atoms with Crippen LogP contribution in [0.25, 0.3) is 0 Å². The molecule has 2 heterocycles. The predicted molar refractivity (Wildman–Crippen MR) is 125 cm³/mol. The summed E-state index contributed by atoms with van der Waals surface area (Å²) in [6, 6.07) is 10.3. The highest BCUT2D eigenvalue weighted by Gasteiger charge is 2.29. The molecule has 1 aromatic carbocycles. The topological polar surface area (TPSA) is 80.2 Å². The molecule has 1 unspecified atom stereocenters. The Hall–Kier alpha value is -2.12. The maximum Gasteiger partial charge on any atom is 0.223 e.